The van der Waals surface area contributed by atoms with Crippen LogP contribution in [0.5, 0.6) is 0 Å². The largest absolute Gasteiger partial charge is 0.387 e. The number of nitrogens with zero attached hydrogens (tertiary/aromatic N) is 1. The molecular formula is C22H19NOS. The van der Waals surface area contributed by atoms with E-state index in [1.54, 1.807) is 11.3 Å². The lowest BCUT2D eigenvalue weighted by atomic mass is 9.70. The summed E-state index contributed by atoms with van der Waals surface area (Å²) in [6, 6.07) is 22.5. The summed E-state index contributed by atoms with van der Waals surface area (Å²) in [6.07, 6.45) is 0.253. The van der Waals surface area contributed by atoms with Crippen molar-refractivity contribution in [1.29, 1.82) is 5.26 Å². The molecule has 2 nitrogen and oxygen atoms in total. The normalized spacial score (nSPS) is 23.0. The summed E-state index contributed by atoms with van der Waals surface area (Å²) < 4.78 is 0. The van der Waals surface area contributed by atoms with Crippen LogP contribution in [0.1, 0.15) is 46.1 Å². The molecule has 2 aromatic carbocycles. The first-order valence-corrected chi connectivity index (χ1v) is 9.31. The van der Waals surface area contributed by atoms with Crippen molar-refractivity contribution in [1.82, 2.24) is 0 Å². The Morgan fingerprint density at radius 2 is 1.96 bits per heavy atom. The summed E-state index contributed by atoms with van der Waals surface area (Å²) in [5, 5.41) is 22.6. The molecule has 0 amide bonds. The number of hydrogen-bond acceptors (Lipinski definition) is 3. The van der Waals surface area contributed by atoms with Gasteiger partial charge in [0.05, 0.1) is 17.7 Å². The van der Waals surface area contributed by atoms with Gasteiger partial charge in [0.1, 0.15) is 0 Å². The smallest absolute Gasteiger partial charge is 0.0991 e. The van der Waals surface area contributed by atoms with Crippen molar-refractivity contribution >= 4 is 11.3 Å². The van der Waals surface area contributed by atoms with Gasteiger partial charge in [0, 0.05) is 16.2 Å². The molecule has 0 radical (unpaired) electrons. The molecule has 1 aromatic heterocycles. The molecule has 0 bridgehead atoms. The average Bonchev–Trinajstić information content (AvgIpc) is 3.27. The summed E-state index contributed by atoms with van der Waals surface area (Å²) in [6.45, 7) is 2.17. The van der Waals surface area contributed by atoms with Gasteiger partial charge in [0.15, 0.2) is 0 Å². The Hall–Kier alpha value is -2.41. The number of thiophene rings is 1. The topological polar surface area (TPSA) is 44.0 Å². The van der Waals surface area contributed by atoms with Gasteiger partial charge >= 0.3 is 0 Å². The van der Waals surface area contributed by atoms with Crippen LogP contribution in [0.25, 0.3) is 0 Å². The van der Waals surface area contributed by atoms with Gasteiger partial charge < -0.3 is 5.11 Å². The summed E-state index contributed by atoms with van der Waals surface area (Å²) >= 11 is 1.60. The molecule has 1 heterocycles. The summed E-state index contributed by atoms with van der Waals surface area (Å²) in [4.78, 5) is 0.997. The average molecular weight is 345 g/mol. The van der Waals surface area contributed by atoms with Gasteiger partial charge in [-0.3, -0.25) is 0 Å². The molecule has 1 N–H and O–H groups in total. The van der Waals surface area contributed by atoms with Crippen molar-refractivity contribution in [2.24, 2.45) is 5.41 Å². The van der Waals surface area contributed by atoms with E-state index in [4.69, 9.17) is 0 Å². The SMILES string of the molecule is C[C@@]1([C@@H](O)c2cccs2)Cc2ccc(C#N)cc2[C@@H]1c1ccccc1. The van der Waals surface area contributed by atoms with Gasteiger partial charge in [-0.05, 0) is 46.7 Å². The predicted molar refractivity (Wildman–Crippen MR) is 101 cm³/mol. The molecule has 0 fully saturated rings. The highest BCUT2D eigenvalue weighted by Gasteiger charge is 2.48. The summed E-state index contributed by atoms with van der Waals surface area (Å²) in [5.41, 5.74) is 3.92. The molecule has 0 aliphatic heterocycles. The van der Waals surface area contributed by atoms with Gasteiger partial charge in [-0.2, -0.15) is 5.26 Å². The van der Waals surface area contributed by atoms with Gasteiger partial charge in [0.2, 0.25) is 0 Å². The highest BCUT2D eigenvalue weighted by atomic mass is 32.1. The van der Waals surface area contributed by atoms with Crippen LogP contribution in [0.15, 0.2) is 66.0 Å². The zero-order chi connectivity index (χ0) is 17.4. The van der Waals surface area contributed by atoms with Crippen LogP contribution in [0, 0.1) is 16.7 Å². The Labute approximate surface area is 152 Å². The van der Waals surface area contributed by atoms with Crippen molar-refractivity contribution in [2.45, 2.75) is 25.4 Å². The second-order valence-corrected chi connectivity index (χ2v) is 7.95. The third-order valence-electron chi connectivity index (χ3n) is 5.39. The maximum Gasteiger partial charge on any atom is 0.0991 e. The molecule has 4 rings (SSSR count). The fourth-order valence-electron chi connectivity index (χ4n) is 4.19. The summed E-state index contributed by atoms with van der Waals surface area (Å²) in [7, 11) is 0. The van der Waals surface area contributed by atoms with Crippen LogP contribution < -0.4 is 0 Å². The van der Waals surface area contributed by atoms with E-state index < -0.39 is 6.10 Å². The van der Waals surface area contributed by atoms with Crippen LogP contribution in [0.3, 0.4) is 0 Å². The Kier molecular flexibility index (Phi) is 3.95. The lowest BCUT2D eigenvalue weighted by Gasteiger charge is -2.36. The molecule has 3 heteroatoms. The predicted octanol–water partition coefficient (Wildman–Crippen LogP) is 5.05. The van der Waals surface area contributed by atoms with E-state index in [2.05, 4.69) is 31.2 Å². The lowest BCUT2D eigenvalue weighted by molar-refractivity contribution is 0.0346. The third kappa shape index (κ3) is 2.59. The molecule has 25 heavy (non-hydrogen) atoms. The fraction of sp³-hybridized carbons (Fsp3) is 0.227. The van der Waals surface area contributed by atoms with Gasteiger partial charge in [-0.15, -0.1) is 11.3 Å². The molecule has 3 aromatic rings. The third-order valence-corrected chi connectivity index (χ3v) is 6.31. The minimum atomic E-state index is -0.546. The molecule has 0 unspecified atom stereocenters. The van der Waals surface area contributed by atoms with Gasteiger partial charge in [0.25, 0.3) is 0 Å². The Morgan fingerprint density at radius 3 is 2.64 bits per heavy atom. The number of hydrogen-bond donors (Lipinski definition) is 1. The molecule has 1 aliphatic rings. The molecule has 0 saturated heterocycles. The van der Waals surface area contributed by atoms with Crippen molar-refractivity contribution < 1.29 is 5.11 Å². The van der Waals surface area contributed by atoms with E-state index in [1.807, 2.05) is 47.8 Å². The number of rotatable bonds is 3. The Morgan fingerprint density at radius 1 is 1.16 bits per heavy atom. The standard InChI is InChI=1S/C22H19NOS/c1-22(21(24)19-8-5-11-25-19)13-17-10-9-15(14-23)12-18(17)20(22)16-6-3-2-4-7-16/h2-12,20-21,24H,13H2,1H3/t20-,21-,22+/m0/s1. The van der Waals surface area contributed by atoms with Crippen LogP contribution in [-0.2, 0) is 6.42 Å². The zero-order valence-corrected chi connectivity index (χ0v) is 14.8. The Balaban J connectivity index is 1.88. The van der Waals surface area contributed by atoms with Gasteiger partial charge in [-0.1, -0.05) is 49.4 Å². The minimum absolute atomic E-state index is 0.0640. The summed E-state index contributed by atoms with van der Waals surface area (Å²) in [5.74, 6) is 0.0640. The maximum atomic E-state index is 11.2. The second kappa shape index (κ2) is 6.15. The van der Waals surface area contributed by atoms with E-state index in [0.29, 0.717) is 5.56 Å². The first-order valence-electron chi connectivity index (χ1n) is 8.43. The minimum Gasteiger partial charge on any atom is -0.387 e. The van der Waals surface area contributed by atoms with Crippen LogP contribution in [0.2, 0.25) is 0 Å². The zero-order valence-electron chi connectivity index (χ0n) is 14.0. The van der Waals surface area contributed by atoms with E-state index in [1.165, 1.54) is 16.7 Å². The lowest BCUT2D eigenvalue weighted by Crippen LogP contribution is -2.30. The van der Waals surface area contributed by atoms with Crippen LogP contribution in [0.4, 0.5) is 0 Å². The molecule has 3 atom stereocenters. The van der Waals surface area contributed by atoms with Crippen molar-refractivity contribution in [3.05, 3.63) is 93.2 Å². The maximum absolute atomic E-state index is 11.2. The van der Waals surface area contributed by atoms with Crippen LogP contribution in [-0.4, -0.2) is 5.11 Å². The number of nitriles is 1. The highest BCUT2D eigenvalue weighted by molar-refractivity contribution is 7.10. The fourth-order valence-corrected chi connectivity index (χ4v) is 5.06. The molecule has 124 valence electrons. The molecule has 1 aliphatic carbocycles. The van der Waals surface area contributed by atoms with Crippen LogP contribution >= 0.6 is 11.3 Å². The number of benzene rings is 2. The monoisotopic (exact) mass is 345 g/mol. The van der Waals surface area contributed by atoms with E-state index in [-0.39, 0.29) is 11.3 Å². The van der Waals surface area contributed by atoms with Gasteiger partial charge in [-0.25, -0.2) is 0 Å². The van der Waals surface area contributed by atoms with Crippen molar-refractivity contribution in [2.75, 3.05) is 0 Å². The Bertz CT molecular complexity index is 926. The van der Waals surface area contributed by atoms with E-state index in [9.17, 15) is 10.4 Å². The first-order chi connectivity index (χ1) is 12.1. The number of aliphatic hydroxyl groups is 1. The van der Waals surface area contributed by atoms with Crippen molar-refractivity contribution in [3.8, 4) is 6.07 Å². The first kappa shape index (κ1) is 16.1. The molecule has 0 spiro atoms. The highest BCUT2D eigenvalue weighted by Crippen LogP contribution is 2.57. The van der Waals surface area contributed by atoms with E-state index in [0.717, 1.165) is 11.3 Å². The van der Waals surface area contributed by atoms with Crippen molar-refractivity contribution in [3.63, 3.8) is 0 Å². The number of aliphatic hydroxyl groups excluding tert-OH is 1. The number of fused-ring (bicyclic) bond motifs is 1. The van der Waals surface area contributed by atoms with E-state index >= 15 is 0 Å². The second-order valence-electron chi connectivity index (χ2n) is 6.97. The quantitative estimate of drug-likeness (QED) is 0.722. The molecular weight excluding hydrogens is 326 g/mol. The molecule has 0 saturated carbocycles.